The second kappa shape index (κ2) is 6.90. The van der Waals surface area contributed by atoms with E-state index in [1.807, 2.05) is 0 Å². The second-order valence-electron chi connectivity index (χ2n) is 6.91. The normalized spacial score (nSPS) is 29.4. The molecule has 0 N–H and O–H groups in total. The highest BCUT2D eigenvalue weighted by atomic mass is 16.2. The van der Waals surface area contributed by atoms with Gasteiger partial charge in [0, 0.05) is 38.8 Å². The summed E-state index contributed by atoms with van der Waals surface area (Å²) in [5.74, 6) is 1.35. The molecule has 4 nitrogen and oxygen atoms in total. The summed E-state index contributed by atoms with van der Waals surface area (Å²) >= 11 is 0. The summed E-state index contributed by atoms with van der Waals surface area (Å²) in [5.41, 5.74) is 0. The molecule has 0 spiro atoms. The molecule has 2 fully saturated rings. The number of piperazine rings is 1. The largest absolute Gasteiger partial charge is 0.337 e. The van der Waals surface area contributed by atoms with E-state index in [4.69, 9.17) is 0 Å². The van der Waals surface area contributed by atoms with Crippen molar-refractivity contribution in [3.8, 4) is 0 Å². The van der Waals surface area contributed by atoms with E-state index < -0.39 is 0 Å². The van der Waals surface area contributed by atoms with Crippen LogP contribution in [0.4, 0.5) is 0 Å². The molecule has 0 aliphatic carbocycles. The summed E-state index contributed by atoms with van der Waals surface area (Å²) in [6.45, 7) is 16.2. The topological polar surface area (TPSA) is 26.8 Å². The number of nitrogens with zero attached hydrogens (tertiary/aromatic N) is 3. The highest BCUT2D eigenvalue weighted by Crippen LogP contribution is 2.21. The molecule has 0 aromatic carbocycles. The van der Waals surface area contributed by atoms with Gasteiger partial charge in [-0.1, -0.05) is 20.8 Å². The molecule has 0 bridgehead atoms. The van der Waals surface area contributed by atoms with Gasteiger partial charge in [-0.3, -0.25) is 9.69 Å². The zero-order chi connectivity index (χ0) is 14.7. The molecule has 2 saturated heterocycles. The van der Waals surface area contributed by atoms with Crippen molar-refractivity contribution in [1.82, 2.24) is 14.7 Å². The van der Waals surface area contributed by atoms with Crippen molar-refractivity contribution in [2.24, 2.45) is 11.8 Å². The van der Waals surface area contributed by atoms with Crippen molar-refractivity contribution in [1.29, 1.82) is 0 Å². The number of amides is 1. The van der Waals surface area contributed by atoms with E-state index in [0.717, 1.165) is 52.2 Å². The van der Waals surface area contributed by atoms with Gasteiger partial charge in [-0.2, -0.15) is 0 Å². The maximum absolute atomic E-state index is 12.7. The van der Waals surface area contributed by atoms with E-state index in [1.54, 1.807) is 0 Å². The molecule has 1 amide bonds. The third kappa shape index (κ3) is 3.73. The number of hydrogen-bond donors (Lipinski definition) is 0. The Hall–Kier alpha value is -0.610. The molecule has 0 aromatic rings. The van der Waals surface area contributed by atoms with Gasteiger partial charge in [0.25, 0.3) is 0 Å². The van der Waals surface area contributed by atoms with Gasteiger partial charge in [0.05, 0.1) is 5.92 Å². The molecule has 4 heteroatoms. The van der Waals surface area contributed by atoms with Gasteiger partial charge in [-0.15, -0.1) is 0 Å². The highest BCUT2D eigenvalue weighted by Gasteiger charge is 2.34. The Kier molecular flexibility index (Phi) is 5.44. The summed E-state index contributed by atoms with van der Waals surface area (Å²) in [7, 11) is 0. The molecule has 20 heavy (non-hydrogen) atoms. The van der Waals surface area contributed by atoms with Crippen molar-refractivity contribution in [2.45, 2.75) is 40.2 Å². The first kappa shape index (κ1) is 15.8. The molecule has 116 valence electrons. The van der Waals surface area contributed by atoms with E-state index in [-0.39, 0.29) is 5.92 Å². The standard InChI is InChI=1S/C16H31N3O/c1-5-17-7-6-15(12-17)16(20)19-9-8-18(10-13(2)3)11-14(19)4/h13-15H,5-12H2,1-4H3/t14-,15-/m1/s1. The predicted octanol–water partition coefficient (Wildman–Crippen LogP) is 1.52. The lowest BCUT2D eigenvalue weighted by molar-refractivity contribution is -0.139. The Bertz CT molecular complexity index is 332. The third-order valence-corrected chi connectivity index (χ3v) is 4.69. The quantitative estimate of drug-likeness (QED) is 0.782. The maximum atomic E-state index is 12.7. The minimum absolute atomic E-state index is 0.244. The molecule has 2 atom stereocenters. The SMILES string of the molecule is CCN1CC[C@@H](C(=O)N2CCN(CC(C)C)C[C@H]2C)C1. The number of hydrogen-bond acceptors (Lipinski definition) is 3. The van der Waals surface area contributed by atoms with Crippen LogP contribution in [0.15, 0.2) is 0 Å². The van der Waals surface area contributed by atoms with Crippen LogP contribution in [0.5, 0.6) is 0 Å². The average Bonchev–Trinajstić information content (AvgIpc) is 2.86. The van der Waals surface area contributed by atoms with E-state index in [9.17, 15) is 4.79 Å². The lowest BCUT2D eigenvalue weighted by Gasteiger charge is -2.41. The van der Waals surface area contributed by atoms with Crippen molar-refractivity contribution in [2.75, 3.05) is 45.8 Å². The Morgan fingerprint density at radius 3 is 2.45 bits per heavy atom. The van der Waals surface area contributed by atoms with Gasteiger partial charge in [0.1, 0.15) is 0 Å². The number of carbonyl (C=O) groups is 1. The smallest absolute Gasteiger partial charge is 0.227 e. The first-order valence-electron chi connectivity index (χ1n) is 8.26. The van der Waals surface area contributed by atoms with Gasteiger partial charge in [-0.05, 0) is 32.4 Å². The third-order valence-electron chi connectivity index (χ3n) is 4.69. The fourth-order valence-corrected chi connectivity index (χ4v) is 3.60. The van der Waals surface area contributed by atoms with Crippen LogP contribution in [-0.4, -0.2) is 72.5 Å². The van der Waals surface area contributed by atoms with Crippen LogP contribution >= 0.6 is 0 Å². The summed E-state index contributed by atoms with van der Waals surface area (Å²) in [5, 5.41) is 0. The molecule has 2 aliphatic rings. The van der Waals surface area contributed by atoms with Crippen LogP contribution < -0.4 is 0 Å². The van der Waals surface area contributed by atoms with Gasteiger partial charge in [0.15, 0.2) is 0 Å². The minimum Gasteiger partial charge on any atom is -0.337 e. The fourth-order valence-electron chi connectivity index (χ4n) is 3.60. The highest BCUT2D eigenvalue weighted by molar-refractivity contribution is 5.79. The van der Waals surface area contributed by atoms with Crippen LogP contribution in [-0.2, 0) is 4.79 Å². The molecule has 0 unspecified atom stereocenters. The minimum atomic E-state index is 0.244. The van der Waals surface area contributed by atoms with E-state index >= 15 is 0 Å². The summed E-state index contributed by atoms with van der Waals surface area (Å²) in [6.07, 6.45) is 1.05. The monoisotopic (exact) mass is 281 g/mol. The lowest BCUT2D eigenvalue weighted by Crippen LogP contribution is -2.56. The zero-order valence-electron chi connectivity index (χ0n) is 13.6. The van der Waals surface area contributed by atoms with E-state index in [0.29, 0.717) is 17.9 Å². The van der Waals surface area contributed by atoms with Crippen LogP contribution in [0.1, 0.15) is 34.1 Å². The Morgan fingerprint density at radius 2 is 1.90 bits per heavy atom. The van der Waals surface area contributed by atoms with Gasteiger partial charge in [-0.25, -0.2) is 0 Å². The summed E-state index contributed by atoms with van der Waals surface area (Å²) < 4.78 is 0. The van der Waals surface area contributed by atoms with E-state index in [1.165, 1.54) is 0 Å². The van der Waals surface area contributed by atoms with Crippen LogP contribution in [0.2, 0.25) is 0 Å². The zero-order valence-corrected chi connectivity index (χ0v) is 13.6. The maximum Gasteiger partial charge on any atom is 0.227 e. The Labute approximate surface area is 124 Å². The molecular weight excluding hydrogens is 250 g/mol. The predicted molar refractivity (Wildman–Crippen MR) is 82.7 cm³/mol. The number of likely N-dealkylation sites (tertiary alicyclic amines) is 1. The second-order valence-corrected chi connectivity index (χ2v) is 6.91. The van der Waals surface area contributed by atoms with Gasteiger partial charge >= 0.3 is 0 Å². The Balaban J connectivity index is 1.86. The summed E-state index contributed by atoms with van der Waals surface area (Å²) in [4.78, 5) is 19.7. The first-order chi connectivity index (χ1) is 9.51. The van der Waals surface area contributed by atoms with Crippen molar-refractivity contribution >= 4 is 5.91 Å². The number of carbonyl (C=O) groups excluding carboxylic acids is 1. The molecular formula is C16H31N3O. The van der Waals surface area contributed by atoms with Crippen LogP contribution in [0.25, 0.3) is 0 Å². The number of rotatable bonds is 4. The molecule has 2 rings (SSSR count). The molecule has 0 saturated carbocycles. The molecule has 2 aliphatic heterocycles. The molecule has 2 heterocycles. The van der Waals surface area contributed by atoms with Crippen molar-refractivity contribution in [3.05, 3.63) is 0 Å². The first-order valence-corrected chi connectivity index (χ1v) is 8.26. The van der Waals surface area contributed by atoms with Crippen LogP contribution in [0, 0.1) is 11.8 Å². The van der Waals surface area contributed by atoms with E-state index in [2.05, 4.69) is 42.4 Å². The molecule has 0 radical (unpaired) electrons. The average molecular weight is 281 g/mol. The van der Waals surface area contributed by atoms with Crippen LogP contribution in [0.3, 0.4) is 0 Å². The molecule has 0 aromatic heterocycles. The van der Waals surface area contributed by atoms with Gasteiger partial charge < -0.3 is 9.80 Å². The fraction of sp³-hybridized carbons (Fsp3) is 0.938. The van der Waals surface area contributed by atoms with Crippen molar-refractivity contribution in [3.63, 3.8) is 0 Å². The lowest BCUT2D eigenvalue weighted by atomic mass is 10.0. The van der Waals surface area contributed by atoms with Crippen molar-refractivity contribution < 1.29 is 4.79 Å². The Morgan fingerprint density at radius 1 is 1.15 bits per heavy atom. The van der Waals surface area contributed by atoms with Gasteiger partial charge in [0.2, 0.25) is 5.91 Å². The summed E-state index contributed by atoms with van der Waals surface area (Å²) in [6, 6.07) is 0.366.